The second-order valence-corrected chi connectivity index (χ2v) is 6.22. The highest BCUT2D eigenvalue weighted by atomic mass is 35.5. The van der Waals surface area contributed by atoms with Crippen LogP contribution in [0.4, 0.5) is 13.2 Å². The van der Waals surface area contributed by atoms with Crippen molar-refractivity contribution < 1.29 is 17.9 Å². The number of nitriles is 1. The van der Waals surface area contributed by atoms with Gasteiger partial charge in [-0.3, -0.25) is 4.79 Å². The predicted octanol–water partition coefficient (Wildman–Crippen LogP) is 5.08. The molecule has 3 aromatic rings. The lowest BCUT2D eigenvalue weighted by Gasteiger charge is -2.11. The van der Waals surface area contributed by atoms with Crippen LogP contribution in [0.2, 0.25) is 5.02 Å². The molecule has 0 atom stereocenters. The van der Waals surface area contributed by atoms with Gasteiger partial charge in [-0.15, -0.1) is 0 Å². The Hall–Kier alpha value is -3.31. The Kier molecular flexibility index (Phi) is 5.12. The molecular formula is C19H11ClF3N3O2. The fourth-order valence-electron chi connectivity index (χ4n) is 2.50. The number of benzene rings is 1. The first kappa shape index (κ1) is 19.5. The summed E-state index contributed by atoms with van der Waals surface area (Å²) >= 11 is 5.83. The first-order chi connectivity index (χ1) is 13.2. The van der Waals surface area contributed by atoms with Crippen molar-refractivity contribution >= 4 is 11.6 Å². The summed E-state index contributed by atoms with van der Waals surface area (Å²) in [6.07, 6.45) is -3.92. The third-order valence-electron chi connectivity index (χ3n) is 3.79. The molecule has 0 fully saturated rings. The van der Waals surface area contributed by atoms with Gasteiger partial charge in [0.2, 0.25) is 5.88 Å². The largest absolute Gasteiger partial charge is 0.438 e. The summed E-state index contributed by atoms with van der Waals surface area (Å²) in [7, 11) is 0. The van der Waals surface area contributed by atoms with Crippen molar-refractivity contribution in [3.05, 3.63) is 74.8 Å². The van der Waals surface area contributed by atoms with E-state index in [4.69, 9.17) is 16.3 Å². The van der Waals surface area contributed by atoms with Crippen LogP contribution in [0.3, 0.4) is 0 Å². The molecule has 142 valence electrons. The van der Waals surface area contributed by atoms with Crippen molar-refractivity contribution in [2.24, 2.45) is 0 Å². The monoisotopic (exact) mass is 405 g/mol. The molecule has 0 aliphatic carbocycles. The highest BCUT2D eigenvalue weighted by molar-refractivity contribution is 6.31. The van der Waals surface area contributed by atoms with Crippen molar-refractivity contribution in [1.29, 1.82) is 5.26 Å². The number of H-pyrrole nitrogens is 1. The minimum Gasteiger partial charge on any atom is -0.438 e. The maximum Gasteiger partial charge on any atom is 0.417 e. The van der Waals surface area contributed by atoms with E-state index in [-0.39, 0.29) is 22.2 Å². The van der Waals surface area contributed by atoms with E-state index in [0.717, 1.165) is 6.07 Å². The predicted molar refractivity (Wildman–Crippen MR) is 96.3 cm³/mol. The van der Waals surface area contributed by atoms with Gasteiger partial charge in [-0.1, -0.05) is 23.7 Å². The number of nitrogens with one attached hydrogen (secondary N) is 1. The van der Waals surface area contributed by atoms with Crippen LogP contribution in [-0.4, -0.2) is 9.97 Å². The summed E-state index contributed by atoms with van der Waals surface area (Å²) < 4.78 is 43.4. The van der Waals surface area contributed by atoms with Gasteiger partial charge in [0.05, 0.1) is 5.56 Å². The number of nitrogens with zero attached hydrogens (tertiary/aromatic N) is 2. The highest BCUT2D eigenvalue weighted by Crippen LogP contribution is 2.35. The van der Waals surface area contributed by atoms with Crippen LogP contribution >= 0.6 is 11.6 Å². The SMILES string of the molecule is Cc1cc(-c2ccc(Oc3ncc(C(F)(F)F)cc3Cl)cc2)c(C#N)c(=O)[nH]1. The number of hydrogen-bond donors (Lipinski definition) is 1. The van der Waals surface area contributed by atoms with Gasteiger partial charge in [0.1, 0.15) is 22.4 Å². The molecular weight excluding hydrogens is 395 g/mol. The Balaban J connectivity index is 1.89. The first-order valence-corrected chi connectivity index (χ1v) is 8.22. The molecule has 0 aliphatic heterocycles. The molecule has 0 saturated heterocycles. The fraction of sp³-hybridized carbons (Fsp3) is 0.105. The van der Waals surface area contributed by atoms with Crippen LogP contribution < -0.4 is 10.3 Å². The minimum absolute atomic E-state index is 0.0216. The highest BCUT2D eigenvalue weighted by Gasteiger charge is 2.31. The number of alkyl halides is 3. The van der Waals surface area contributed by atoms with Gasteiger partial charge in [-0.25, -0.2) is 4.98 Å². The summed E-state index contributed by atoms with van der Waals surface area (Å²) in [4.78, 5) is 18.1. The van der Waals surface area contributed by atoms with Crippen molar-refractivity contribution in [1.82, 2.24) is 9.97 Å². The van der Waals surface area contributed by atoms with Gasteiger partial charge < -0.3 is 9.72 Å². The normalized spacial score (nSPS) is 11.1. The molecule has 0 amide bonds. The van der Waals surface area contributed by atoms with Gasteiger partial charge in [0, 0.05) is 17.5 Å². The van der Waals surface area contributed by atoms with Crippen LogP contribution in [0.5, 0.6) is 11.6 Å². The van der Waals surface area contributed by atoms with E-state index in [0.29, 0.717) is 23.0 Å². The molecule has 0 spiro atoms. The zero-order valence-electron chi connectivity index (χ0n) is 14.3. The lowest BCUT2D eigenvalue weighted by molar-refractivity contribution is -0.137. The minimum atomic E-state index is -4.55. The lowest BCUT2D eigenvalue weighted by Crippen LogP contribution is -2.12. The molecule has 1 N–H and O–H groups in total. The zero-order chi connectivity index (χ0) is 20.5. The van der Waals surface area contributed by atoms with E-state index < -0.39 is 17.3 Å². The maximum absolute atomic E-state index is 12.7. The third-order valence-corrected chi connectivity index (χ3v) is 4.07. The summed E-state index contributed by atoms with van der Waals surface area (Å²) in [6, 6.07) is 10.6. The van der Waals surface area contributed by atoms with E-state index in [1.54, 1.807) is 25.1 Å². The van der Waals surface area contributed by atoms with Crippen molar-refractivity contribution in [3.63, 3.8) is 0 Å². The Morgan fingerprint density at radius 2 is 1.89 bits per heavy atom. The fourth-order valence-corrected chi connectivity index (χ4v) is 2.70. The van der Waals surface area contributed by atoms with E-state index >= 15 is 0 Å². The van der Waals surface area contributed by atoms with E-state index in [9.17, 15) is 23.2 Å². The van der Waals surface area contributed by atoms with Gasteiger partial charge >= 0.3 is 6.18 Å². The van der Waals surface area contributed by atoms with E-state index in [1.165, 1.54) is 12.1 Å². The second-order valence-electron chi connectivity index (χ2n) is 5.82. The summed E-state index contributed by atoms with van der Waals surface area (Å²) in [6.45, 7) is 1.70. The molecule has 0 saturated carbocycles. The summed E-state index contributed by atoms with van der Waals surface area (Å²) in [5.74, 6) is 0.102. The average molecular weight is 406 g/mol. The van der Waals surface area contributed by atoms with Crippen LogP contribution in [0.25, 0.3) is 11.1 Å². The average Bonchev–Trinajstić information content (AvgIpc) is 2.62. The Morgan fingerprint density at radius 3 is 2.46 bits per heavy atom. The summed E-state index contributed by atoms with van der Waals surface area (Å²) in [5.41, 5.74) is 0.171. The topological polar surface area (TPSA) is 78.8 Å². The third kappa shape index (κ3) is 4.00. The van der Waals surface area contributed by atoms with Gasteiger partial charge in [0.15, 0.2) is 0 Å². The molecule has 0 unspecified atom stereocenters. The number of hydrogen-bond acceptors (Lipinski definition) is 4. The van der Waals surface area contributed by atoms with Crippen LogP contribution in [0, 0.1) is 18.3 Å². The van der Waals surface area contributed by atoms with Gasteiger partial charge in [0.25, 0.3) is 5.56 Å². The van der Waals surface area contributed by atoms with Crippen LogP contribution in [0.15, 0.2) is 47.4 Å². The molecule has 5 nitrogen and oxygen atoms in total. The number of aromatic nitrogens is 2. The number of aromatic amines is 1. The number of pyridine rings is 2. The Labute approximate surface area is 162 Å². The maximum atomic E-state index is 12.7. The Bertz CT molecular complexity index is 1130. The summed E-state index contributed by atoms with van der Waals surface area (Å²) in [5, 5.41) is 8.93. The van der Waals surface area contributed by atoms with Gasteiger partial charge in [-0.05, 0) is 36.8 Å². The Morgan fingerprint density at radius 1 is 1.21 bits per heavy atom. The zero-order valence-corrected chi connectivity index (χ0v) is 15.0. The standard InChI is InChI=1S/C19H11ClF3N3O2/c1-10-6-14(15(8-24)17(27)26-10)11-2-4-13(5-3-11)28-18-16(20)7-12(9-25-18)19(21,22)23/h2-7,9H,1H3,(H,26,27). The molecule has 3 rings (SSSR count). The van der Waals surface area contributed by atoms with E-state index in [1.807, 2.05) is 6.07 Å². The molecule has 0 radical (unpaired) electrons. The second kappa shape index (κ2) is 7.37. The van der Waals surface area contributed by atoms with E-state index in [2.05, 4.69) is 9.97 Å². The van der Waals surface area contributed by atoms with Crippen molar-refractivity contribution in [2.75, 3.05) is 0 Å². The van der Waals surface area contributed by atoms with Crippen molar-refractivity contribution in [3.8, 4) is 28.8 Å². The molecule has 9 heteroatoms. The number of ether oxygens (including phenoxy) is 1. The molecule has 28 heavy (non-hydrogen) atoms. The number of halogens is 4. The van der Waals surface area contributed by atoms with Crippen LogP contribution in [-0.2, 0) is 6.18 Å². The molecule has 2 heterocycles. The quantitative estimate of drug-likeness (QED) is 0.659. The lowest BCUT2D eigenvalue weighted by atomic mass is 10.0. The van der Waals surface area contributed by atoms with Crippen LogP contribution in [0.1, 0.15) is 16.8 Å². The van der Waals surface area contributed by atoms with Crippen molar-refractivity contribution in [2.45, 2.75) is 13.1 Å². The number of aryl methyl sites for hydroxylation is 1. The molecule has 0 bridgehead atoms. The smallest absolute Gasteiger partial charge is 0.417 e. The first-order valence-electron chi connectivity index (χ1n) is 7.84. The molecule has 1 aromatic carbocycles. The molecule has 0 aliphatic rings. The number of rotatable bonds is 3. The molecule has 2 aromatic heterocycles. The van der Waals surface area contributed by atoms with Gasteiger partial charge in [-0.2, -0.15) is 18.4 Å².